The minimum atomic E-state index is 0.224. The topological polar surface area (TPSA) is 41.6 Å². The minimum absolute atomic E-state index is 0.224. The Morgan fingerprint density at radius 2 is 2.14 bits per heavy atom. The Bertz CT molecular complexity index is 451. The number of rotatable bonds is 6. The van der Waals surface area contributed by atoms with Gasteiger partial charge in [0.05, 0.1) is 19.3 Å². The van der Waals surface area contributed by atoms with E-state index in [1.54, 1.807) is 11.3 Å². The van der Waals surface area contributed by atoms with E-state index in [1.807, 2.05) is 0 Å². The molecule has 0 spiro atoms. The predicted octanol–water partition coefficient (Wildman–Crippen LogP) is 2.82. The largest absolute Gasteiger partial charge is 0.379 e. The van der Waals surface area contributed by atoms with Gasteiger partial charge in [0.25, 0.3) is 0 Å². The molecule has 1 amide bonds. The standard InChI is InChI=1S/C17H26N2O2S/c20-17(12-14-4-1-2-5-14)18-13-15(16-6-3-11-22-16)19-7-9-21-10-8-19/h3,6,11,14-15H,1-2,4-5,7-10,12-13H2,(H,18,20)/t15-/m1/s1. The van der Waals surface area contributed by atoms with Gasteiger partial charge in [-0.1, -0.05) is 18.9 Å². The molecule has 22 heavy (non-hydrogen) atoms. The summed E-state index contributed by atoms with van der Waals surface area (Å²) < 4.78 is 5.46. The zero-order chi connectivity index (χ0) is 15.2. The first-order chi connectivity index (χ1) is 10.8. The number of ether oxygens (including phenoxy) is 1. The molecule has 0 aromatic carbocycles. The van der Waals surface area contributed by atoms with Crippen molar-refractivity contribution in [1.29, 1.82) is 0 Å². The molecule has 2 fully saturated rings. The monoisotopic (exact) mass is 322 g/mol. The van der Waals surface area contributed by atoms with Gasteiger partial charge in [-0.2, -0.15) is 0 Å². The van der Waals surface area contributed by atoms with Gasteiger partial charge in [0.2, 0.25) is 5.91 Å². The van der Waals surface area contributed by atoms with Crippen LogP contribution in [-0.2, 0) is 9.53 Å². The van der Waals surface area contributed by atoms with Gasteiger partial charge in [0.15, 0.2) is 0 Å². The molecule has 122 valence electrons. The average molecular weight is 322 g/mol. The van der Waals surface area contributed by atoms with E-state index in [0.29, 0.717) is 18.9 Å². The summed E-state index contributed by atoms with van der Waals surface area (Å²) in [6.45, 7) is 4.18. The first kappa shape index (κ1) is 16.0. The summed E-state index contributed by atoms with van der Waals surface area (Å²) in [7, 11) is 0. The van der Waals surface area contributed by atoms with Crippen LogP contribution in [0.25, 0.3) is 0 Å². The molecule has 0 bridgehead atoms. The van der Waals surface area contributed by atoms with Crippen LogP contribution in [0.1, 0.15) is 43.0 Å². The van der Waals surface area contributed by atoms with Crippen LogP contribution in [-0.4, -0.2) is 43.7 Å². The average Bonchev–Trinajstić information content (AvgIpc) is 3.22. The fraction of sp³-hybridized carbons (Fsp3) is 0.706. The number of hydrogen-bond acceptors (Lipinski definition) is 4. The summed E-state index contributed by atoms with van der Waals surface area (Å²) in [5.74, 6) is 0.838. The molecule has 3 rings (SSSR count). The van der Waals surface area contributed by atoms with Gasteiger partial charge < -0.3 is 10.1 Å². The molecule has 2 aliphatic rings. The lowest BCUT2D eigenvalue weighted by atomic mass is 10.0. The van der Waals surface area contributed by atoms with Crippen molar-refractivity contribution in [3.8, 4) is 0 Å². The maximum atomic E-state index is 12.2. The summed E-state index contributed by atoms with van der Waals surface area (Å²) in [6, 6.07) is 4.55. The van der Waals surface area contributed by atoms with Crippen molar-refractivity contribution < 1.29 is 9.53 Å². The molecule has 1 saturated heterocycles. The normalized spacial score (nSPS) is 21.8. The first-order valence-electron chi connectivity index (χ1n) is 8.45. The maximum absolute atomic E-state index is 12.2. The van der Waals surface area contributed by atoms with E-state index in [0.717, 1.165) is 26.3 Å². The number of carbonyl (C=O) groups excluding carboxylic acids is 1. The Balaban J connectivity index is 1.54. The smallest absolute Gasteiger partial charge is 0.220 e. The fourth-order valence-electron chi connectivity index (χ4n) is 3.54. The van der Waals surface area contributed by atoms with Crippen molar-refractivity contribution in [2.45, 2.75) is 38.1 Å². The minimum Gasteiger partial charge on any atom is -0.379 e. The second-order valence-electron chi connectivity index (χ2n) is 6.34. The third kappa shape index (κ3) is 4.31. The van der Waals surface area contributed by atoms with Crippen LogP contribution in [0.3, 0.4) is 0 Å². The first-order valence-corrected chi connectivity index (χ1v) is 9.33. The number of nitrogens with zero attached hydrogens (tertiary/aromatic N) is 1. The molecule has 0 unspecified atom stereocenters. The molecule has 2 heterocycles. The second-order valence-corrected chi connectivity index (χ2v) is 7.32. The third-order valence-corrected chi connectivity index (χ3v) is 5.77. The Morgan fingerprint density at radius 1 is 1.36 bits per heavy atom. The van der Waals surface area contributed by atoms with Crippen LogP contribution in [0.4, 0.5) is 0 Å². The molecule has 1 atom stereocenters. The highest BCUT2D eigenvalue weighted by atomic mass is 32.1. The Labute approximate surface area is 136 Å². The van der Waals surface area contributed by atoms with Crippen molar-refractivity contribution in [3.63, 3.8) is 0 Å². The molecular formula is C17H26N2O2S. The van der Waals surface area contributed by atoms with E-state index in [4.69, 9.17) is 4.74 Å². The van der Waals surface area contributed by atoms with Gasteiger partial charge >= 0.3 is 0 Å². The van der Waals surface area contributed by atoms with Gasteiger partial charge in [-0.25, -0.2) is 0 Å². The number of carbonyl (C=O) groups is 1. The SMILES string of the molecule is O=C(CC1CCCC1)NC[C@H](c1cccs1)N1CCOCC1. The van der Waals surface area contributed by atoms with Crippen molar-refractivity contribution >= 4 is 17.2 Å². The summed E-state index contributed by atoms with van der Waals surface area (Å²) >= 11 is 1.78. The molecule has 1 saturated carbocycles. The Morgan fingerprint density at radius 3 is 2.82 bits per heavy atom. The summed E-state index contributed by atoms with van der Waals surface area (Å²) in [5.41, 5.74) is 0. The number of morpholine rings is 1. The predicted molar refractivity (Wildman–Crippen MR) is 89.0 cm³/mol. The van der Waals surface area contributed by atoms with E-state index >= 15 is 0 Å². The fourth-order valence-corrected chi connectivity index (χ4v) is 4.40. The van der Waals surface area contributed by atoms with Crippen molar-refractivity contribution in [1.82, 2.24) is 10.2 Å². The zero-order valence-corrected chi connectivity index (χ0v) is 13.9. The summed E-state index contributed by atoms with van der Waals surface area (Å²) in [6.07, 6.45) is 5.75. The third-order valence-electron chi connectivity index (χ3n) is 4.80. The van der Waals surface area contributed by atoms with Gasteiger partial charge in [0.1, 0.15) is 0 Å². The van der Waals surface area contributed by atoms with Gasteiger partial charge in [0, 0.05) is 30.9 Å². The van der Waals surface area contributed by atoms with Crippen LogP contribution in [0.2, 0.25) is 0 Å². The number of nitrogens with one attached hydrogen (secondary N) is 1. The number of thiophene rings is 1. The Hall–Kier alpha value is -0.910. The lowest BCUT2D eigenvalue weighted by molar-refractivity contribution is -0.122. The van der Waals surface area contributed by atoms with Crippen molar-refractivity contribution in [3.05, 3.63) is 22.4 Å². The van der Waals surface area contributed by atoms with Crippen molar-refractivity contribution in [2.75, 3.05) is 32.8 Å². The molecule has 0 radical (unpaired) electrons. The highest BCUT2D eigenvalue weighted by Crippen LogP contribution is 2.28. The van der Waals surface area contributed by atoms with Crippen LogP contribution >= 0.6 is 11.3 Å². The van der Waals surface area contributed by atoms with Gasteiger partial charge in [-0.3, -0.25) is 9.69 Å². The molecule has 1 aromatic heterocycles. The zero-order valence-electron chi connectivity index (χ0n) is 13.1. The van der Waals surface area contributed by atoms with Crippen LogP contribution in [0, 0.1) is 5.92 Å². The highest BCUT2D eigenvalue weighted by molar-refractivity contribution is 7.10. The lowest BCUT2D eigenvalue weighted by Gasteiger charge is -2.34. The van der Waals surface area contributed by atoms with E-state index in [1.165, 1.54) is 30.6 Å². The number of amides is 1. The quantitative estimate of drug-likeness (QED) is 0.875. The molecule has 5 heteroatoms. The summed E-state index contributed by atoms with van der Waals surface area (Å²) in [5, 5.41) is 5.29. The lowest BCUT2D eigenvalue weighted by Crippen LogP contribution is -2.43. The molecule has 1 aliphatic heterocycles. The number of hydrogen-bond donors (Lipinski definition) is 1. The van der Waals surface area contributed by atoms with Crippen LogP contribution in [0.15, 0.2) is 17.5 Å². The second kappa shape index (κ2) is 8.09. The highest BCUT2D eigenvalue weighted by Gasteiger charge is 2.25. The van der Waals surface area contributed by atoms with Crippen LogP contribution < -0.4 is 5.32 Å². The molecular weight excluding hydrogens is 296 g/mol. The molecule has 4 nitrogen and oxygen atoms in total. The van der Waals surface area contributed by atoms with Crippen molar-refractivity contribution in [2.24, 2.45) is 5.92 Å². The van der Waals surface area contributed by atoms with E-state index in [-0.39, 0.29) is 11.9 Å². The summed E-state index contributed by atoms with van der Waals surface area (Å²) in [4.78, 5) is 16.0. The van der Waals surface area contributed by atoms with E-state index in [9.17, 15) is 4.79 Å². The van der Waals surface area contributed by atoms with Gasteiger partial charge in [-0.15, -0.1) is 11.3 Å². The molecule has 1 aromatic rings. The van der Waals surface area contributed by atoms with E-state index < -0.39 is 0 Å². The Kier molecular flexibility index (Phi) is 5.87. The van der Waals surface area contributed by atoms with Gasteiger partial charge in [-0.05, 0) is 30.2 Å². The maximum Gasteiger partial charge on any atom is 0.220 e. The molecule has 1 aliphatic carbocycles. The van der Waals surface area contributed by atoms with Crippen LogP contribution in [0.5, 0.6) is 0 Å². The van der Waals surface area contributed by atoms with E-state index in [2.05, 4.69) is 27.7 Å². The molecule has 1 N–H and O–H groups in total.